The molecule has 2 rings (SSSR count). The van der Waals surface area contributed by atoms with E-state index >= 15 is 0 Å². The molecular weight excluding hydrogens is 282 g/mol. The average molecular weight is 307 g/mol. The summed E-state index contributed by atoms with van der Waals surface area (Å²) in [6.07, 6.45) is 5.18. The number of rotatable bonds is 6. The maximum absolute atomic E-state index is 12.3. The Balaban J connectivity index is 1.98. The molecule has 0 heterocycles. The van der Waals surface area contributed by atoms with Gasteiger partial charge in [-0.1, -0.05) is 25.5 Å². The van der Waals surface area contributed by atoms with E-state index in [2.05, 4.69) is 12.2 Å². The van der Waals surface area contributed by atoms with Crippen LogP contribution in [0.4, 0.5) is 0 Å². The van der Waals surface area contributed by atoms with Crippen LogP contribution in [-0.2, 0) is 11.2 Å². The Labute approximate surface area is 131 Å². The molecule has 0 aromatic heterocycles. The summed E-state index contributed by atoms with van der Waals surface area (Å²) in [5.41, 5.74) is 2.08. The summed E-state index contributed by atoms with van der Waals surface area (Å²) in [4.78, 5) is 12.3. The number of nitrogens with one attached hydrogen (secondary N) is 1. The number of unbranched alkanes of at least 4 members (excludes halogenated alkanes) is 1. The Morgan fingerprint density at radius 1 is 1.52 bits per heavy atom. The van der Waals surface area contributed by atoms with Gasteiger partial charge in [-0.05, 0) is 55.6 Å². The highest BCUT2D eigenvalue weighted by Gasteiger charge is 2.25. The van der Waals surface area contributed by atoms with E-state index in [1.165, 1.54) is 0 Å². The Hall–Kier alpha value is -1.16. The van der Waals surface area contributed by atoms with Crippen molar-refractivity contribution in [3.05, 3.63) is 29.3 Å². The van der Waals surface area contributed by atoms with E-state index < -0.39 is 0 Å². The van der Waals surface area contributed by atoms with Crippen molar-refractivity contribution in [2.24, 2.45) is 0 Å². The molecule has 4 heteroatoms. The van der Waals surface area contributed by atoms with E-state index in [1.807, 2.05) is 19.1 Å². The fourth-order valence-corrected chi connectivity index (χ4v) is 3.78. The molecule has 0 radical (unpaired) electrons. The van der Waals surface area contributed by atoms with Crippen molar-refractivity contribution in [2.75, 3.05) is 5.75 Å². The van der Waals surface area contributed by atoms with Gasteiger partial charge >= 0.3 is 0 Å². The molecule has 116 valence electrons. The minimum absolute atomic E-state index is 0.0146. The van der Waals surface area contributed by atoms with Gasteiger partial charge in [-0.3, -0.25) is 4.79 Å². The van der Waals surface area contributed by atoms with Crippen molar-refractivity contribution in [3.8, 4) is 5.75 Å². The van der Waals surface area contributed by atoms with Crippen molar-refractivity contribution in [3.63, 3.8) is 0 Å². The predicted molar refractivity (Wildman–Crippen MR) is 88.8 cm³/mol. The van der Waals surface area contributed by atoms with Crippen molar-refractivity contribution in [2.45, 2.75) is 57.2 Å². The molecular formula is C17H25NO2S. The van der Waals surface area contributed by atoms with Crippen LogP contribution in [0.3, 0.4) is 0 Å². The smallest absolute Gasteiger partial charge is 0.233 e. The predicted octanol–water partition coefficient (Wildman–Crippen LogP) is 3.81. The number of carbonyl (C=O) groups excluding carboxylic acids is 1. The zero-order valence-electron chi connectivity index (χ0n) is 12.9. The van der Waals surface area contributed by atoms with Gasteiger partial charge in [0.25, 0.3) is 0 Å². The third-order valence-corrected chi connectivity index (χ3v) is 5.27. The molecule has 1 aliphatic rings. The fraction of sp³-hybridized carbons (Fsp3) is 0.588. The molecule has 1 amide bonds. The van der Waals surface area contributed by atoms with Crippen molar-refractivity contribution in [1.29, 1.82) is 0 Å². The quantitative estimate of drug-likeness (QED) is 0.786. The summed E-state index contributed by atoms with van der Waals surface area (Å²) in [6, 6.07) is 5.65. The molecule has 1 aromatic rings. The van der Waals surface area contributed by atoms with Gasteiger partial charge in [0.1, 0.15) is 5.75 Å². The second kappa shape index (κ2) is 7.74. The van der Waals surface area contributed by atoms with Gasteiger partial charge in [-0.25, -0.2) is 0 Å². The summed E-state index contributed by atoms with van der Waals surface area (Å²) < 4.78 is 0. The number of phenolic OH excluding ortho intramolecular Hbond substituents is 1. The fourth-order valence-electron chi connectivity index (χ4n) is 2.75. The standard InChI is InChI=1S/C17H25NO2S/c1-3-4-11-21-12(2)17(20)18-15-9-5-8-14-13(15)7-6-10-16(14)19/h6-7,10,12,15,19H,3-5,8-9,11H2,1-2H3,(H,18,20). The molecule has 21 heavy (non-hydrogen) atoms. The lowest BCUT2D eigenvalue weighted by Crippen LogP contribution is -2.36. The third-order valence-electron chi connectivity index (χ3n) is 4.03. The van der Waals surface area contributed by atoms with E-state index in [0.717, 1.165) is 49.0 Å². The molecule has 0 fully saturated rings. The first kappa shape index (κ1) is 16.2. The summed E-state index contributed by atoms with van der Waals surface area (Å²) in [5, 5.41) is 13.1. The van der Waals surface area contributed by atoms with Crippen LogP contribution in [0.2, 0.25) is 0 Å². The largest absolute Gasteiger partial charge is 0.508 e. The van der Waals surface area contributed by atoms with Crippen molar-refractivity contribution >= 4 is 17.7 Å². The first-order valence-electron chi connectivity index (χ1n) is 7.86. The number of phenols is 1. The minimum atomic E-state index is -0.0146. The zero-order chi connectivity index (χ0) is 15.2. The highest BCUT2D eigenvalue weighted by molar-refractivity contribution is 8.00. The lowest BCUT2D eigenvalue weighted by Gasteiger charge is -2.28. The normalized spacial score (nSPS) is 18.9. The van der Waals surface area contributed by atoms with Crippen molar-refractivity contribution in [1.82, 2.24) is 5.32 Å². The zero-order valence-corrected chi connectivity index (χ0v) is 13.7. The van der Waals surface area contributed by atoms with E-state index in [-0.39, 0.29) is 17.2 Å². The molecule has 2 atom stereocenters. The molecule has 0 aliphatic heterocycles. The Kier molecular flexibility index (Phi) is 5.97. The Morgan fingerprint density at radius 2 is 2.33 bits per heavy atom. The maximum atomic E-state index is 12.3. The SMILES string of the molecule is CCCCSC(C)C(=O)NC1CCCc2c(O)cccc21. The molecule has 3 nitrogen and oxygen atoms in total. The van der Waals surface area contributed by atoms with Crippen LogP contribution >= 0.6 is 11.8 Å². The molecule has 0 spiro atoms. The average Bonchev–Trinajstić information content (AvgIpc) is 2.48. The van der Waals surface area contributed by atoms with Gasteiger partial charge in [-0.15, -0.1) is 11.8 Å². The van der Waals surface area contributed by atoms with Crippen LogP contribution in [0.15, 0.2) is 18.2 Å². The monoisotopic (exact) mass is 307 g/mol. The van der Waals surface area contributed by atoms with Crippen LogP contribution in [0.1, 0.15) is 56.7 Å². The maximum Gasteiger partial charge on any atom is 0.233 e. The van der Waals surface area contributed by atoms with Gasteiger partial charge in [0.2, 0.25) is 5.91 Å². The highest BCUT2D eigenvalue weighted by Crippen LogP contribution is 2.34. The Morgan fingerprint density at radius 3 is 3.10 bits per heavy atom. The number of carbonyl (C=O) groups is 1. The second-order valence-electron chi connectivity index (χ2n) is 5.66. The lowest BCUT2D eigenvalue weighted by molar-refractivity contribution is -0.121. The van der Waals surface area contributed by atoms with Crippen molar-refractivity contribution < 1.29 is 9.90 Å². The molecule has 0 saturated heterocycles. The topological polar surface area (TPSA) is 49.3 Å². The van der Waals surface area contributed by atoms with Gasteiger partial charge in [0.15, 0.2) is 0 Å². The van der Waals surface area contributed by atoms with Crippen LogP contribution in [-0.4, -0.2) is 22.0 Å². The minimum Gasteiger partial charge on any atom is -0.508 e. The van der Waals surface area contributed by atoms with Gasteiger partial charge in [0.05, 0.1) is 11.3 Å². The number of fused-ring (bicyclic) bond motifs is 1. The van der Waals surface area contributed by atoms with Gasteiger partial charge < -0.3 is 10.4 Å². The van der Waals surface area contributed by atoms with E-state index in [9.17, 15) is 9.90 Å². The second-order valence-corrected chi connectivity index (χ2v) is 7.11. The van der Waals surface area contributed by atoms with Gasteiger partial charge in [0, 0.05) is 0 Å². The van der Waals surface area contributed by atoms with Gasteiger partial charge in [-0.2, -0.15) is 0 Å². The van der Waals surface area contributed by atoms with Crippen LogP contribution in [0.5, 0.6) is 5.75 Å². The van der Waals surface area contributed by atoms with E-state index in [4.69, 9.17) is 0 Å². The summed E-state index contributed by atoms with van der Waals surface area (Å²) in [6.45, 7) is 4.14. The summed E-state index contributed by atoms with van der Waals surface area (Å²) in [7, 11) is 0. The highest BCUT2D eigenvalue weighted by atomic mass is 32.2. The first-order chi connectivity index (χ1) is 10.1. The lowest BCUT2D eigenvalue weighted by atomic mass is 9.87. The Bertz CT molecular complexity index is 490. The molecule has 0 bridgehead atoms. The molecule has 2 unspecified atom stereocenters. The molecule has 1 aromatic carbocycles. The summed E-state index contributed by atoms with van der Waals surface area (Å²) in [5.74, 6) is 1.50. The number of aromatic hydroxyl groups is 1. The molecule has 2 N–H and O–H groups in total. The number of hydrogen-bond acceptors (Lipinski definition) is 3. The first-order valence-corrected chi connectivity index (χ1v) is 8.91. The number of amides is 1. The number of benzene rings is 1. The van der Waals surface area contributed by atoms with E-state index in [0.29, 0.717) is 5.75 Å². The molecule has 1 aliphatic carbocycles. The number of hydrogen-bond donors (Lipinski definition) is 2. The summed E-state index contributed by atoms with van der Waals surface area (Å²) >= 11 is 1.72. The molecule has 0 saturated carbocycles. The van der Waals surface area contributed by atoms with Crippen LogP contribution < -0.4 is 5.32 Å². The van der Waals surface area contributed by atoms with Crippen LogP contribution in [0, 0.1) is 0 Å². The third kappa shape index (κ3) is 4.16. The van der Waals surface area contributed by atoms with Crippen LogP contribution in [0.25, 0.3) is 0 Å². The van der Waals surface area contributed by atoms with E-state index in [1.54, 1.807) is 17.8 Å². The number of thioether (sulfide) groups is 1.